The normalized spacial score (nSPS) is 12.5. The number of phenolic OH excluding ortho intramolecular Hbond substituents is 1. The van der Waals surface area contributed by atoms with Crippen LogP contribution in [0.1, 0.15) is 11.1 Å². The minimum absolute atomic E-state index is 0.169. The zero-order valence-electron chi connectivity index (χ0n) is 16.9. The Balaban J connectivity index is 1.77. The number of carbonyl (C=O) groups is 1. The van der Waals surface area contributed by atoms with Gasteiger partial charge < -0.3 is 9.84 Å². The molecule has 0 radical (unpaired) electrons. The van der Waals surface area contributed by atoms with Gasteiger partial charge in [0.2, 0.25) is 5.23 Å². The van der Waals surface area contributed by atoms with E-state index in [4.69, 9.17) is 27.9 Å². The maximum absolute atomic E-state index is 11.8. The molecule has 0 spiro atoms. The van der Waals surface area contributed by atoms with Gasteiger partial charge in [0.05, 0.1) is 0 Å². The Bertz CT molecular complexity index is 1270. The van der Waals surface area contributed by atoms with Gasteiger partial charge in [0.15, 0.2) is 6.61 Å². The number of phenols is 1. The smallest absolute Gasteiger partial charge is 0.269 e. The maximum atomic E-state index is 11.8. The van der Waals surface area contributed by atoms with Crippen molar-refractivity contribution in [2.75, 3.05) is 12.9 Å². The fourth-order valence-electron chi connectivity index (χ4n) is 2.99. The van der Waals surface area contributed by atoms with Gasteiger partial charge >= 0.3 is 0 Å². The minimum atomic E-state index is -3.21. The summed E-state index contributed by atoms with van der Waals surface area (Å²) in [5, 5.41) is 12.2. The van der Waals surface area contributed by atoms with Crippen molar-refractivity contribution in [1.82, 2.24) is 4.72 Å². The molecule has 0 aliphatic carbocycles. The van der Waals surface area contributed by atoms with Crippen LogP contribution in [0.5, 0.6) is 11.5 Å². The quantitative estimate of drug-likeness (QED) is 0.479. The summed E-state index contributed by atoms with van der Waals surface area (Å²) in [4.78, 5) is 22.3. The van der Waals surface area contributed by atoms with E-state index in [1.165, 1.54) is 17.4 Å². The molecule has 3 aromatic carbocycles. The largest absolute Gasteiger partial charge is 0.507 e. The van der Waals surface area contributed by atoms with Crippen LogP contribution in [-0.2, 0) is 25.7 Å². The summed E-state index contributed by atoms with van der Waals surface area (Å²) in [6.45, 7) is -0.475. The second-order valence-corrected chi connectivity index (χ2v) is 9.87. The monoisotopic (exact) mass is 491 g/mol. The van der Waals surface area contributed by atoms with Gasteiger partial charge in [0.1, 0.15) is 21.2 Å². The molecule has 1 atom stereocenters. The van der Waals surface area contributed by atoms with Crippen LogP contribution in [0.15, 0.2) is 60.7 Å². The van der Waals surface area contributed by atoms with E-state index in [-0.39, 0.29) is 11.5 Å². The minimum Gasteiger partial charge on any atom is -0.507 e. The van der Waals surface area contributed by atoms with Crippen molar-refractivity contribution in [3.05, 3.63) is 81.8 Å². The van der Waals surface area contributed by atoms with Crippen LogP contribution in [0.3, 0.4) is 0 Å². The number of carbonyl (C=O) groups excluding carboxylic acids is 2. The third-order valence-electron chi connectivity index (χ3n) is 4.48. The molecule has 6 nitrogen and oxygen atoms in total. The van der Waals surface area contributed by atoms with Crippen molar-refractivity contribution < 1.29 is 23.6 Å². The zero-order valence-corrected chi connectivity index (χ0v) is 19.3. The van der Waals surface area contributed by atoms with Gasteiger partial charge in [-0.05, 0) is 41.0 Å². The Morgan fingerprint density at radius 3 is 2.38 bits per heavy atom. The van der Waals surface area contributed by atoms with Crippen LogP contribution in [0.2, 0.25) is 10.0 Å². The first kappa shape index (κ1) is 23.7. The molecule has 166 valence electrons. The third-order valence-corrected chi connectivity index (χ3v) is 6.09. The van der Waals surface area contributed by atoms with E-state index in [1.807, 2.05) is 41.1 Å². The first-order valence-electron chi connectivity index (χ1n) is 9.35. The van der Waals surface area contributed by atoms with Crippen LogP contribution in [0.4, 0.5) is 0 Å². The fraction of sp³-hybridized carbons (Fsp3) is 0.130. The third kappa shape index (κ3) is 6.05. The summed E-state index contributed by atoms with van der Waals surface area (Å²) in [6, 6.07) is 17.8. The summed E-state index contributed by atoms with van der Waals surface area (Å²) in [5.74, 6) is -0.329. The van der Waals surface area contributed by atoms with E-state index in [0.29, 0.717) is 27.6 Å². The van der Waals surface area contributed by atoms with Gasteiger partial charge in [-0.25, -0.2) is 9.00 Å². The Morgan fingerprint density at radius 1 is 1.09 bits per heavy atom. The molecule has 0 aromatic heterocycles. The van der Waals surface area contributed by atoms with E-state index in [1.54, 1.807) is 12.1 Å². The lowest BCUT2D eigenvalue weighted by atomic mass is 9.98. The molecular weight excluding hydrogens is 473 g/mol. The second kappa shape index (κ2) is 10.1. The van der Waals surface area contributed by atoms with Gasteiger partial charge in [-0.15, -0.1) is 0 Å². The Kier molecular flexibility index (Phi) is 7.48. The highest BCUT2D eigenvalue weighted by Crippen LogP contribution is 2.35. The van der Waals surface area contributed by atoms with Gasteiger partial charge in [-0.2, -0.15) is 0 Å². The Labute approximate surface area is 195 Å². The molecule has 3 rings (SSSR count). The molecule has 0 aliphatic heterocycles. The van der Waals surface area contributed by atoms with Crippen molar-refractivity contribution in [3.8, 4) is 22.6 Å². The molecule has 0 saturated carbocycles. The van der Waals surface area contributed by atoms with Crippen LogP contribution >= 0.6 is 23.2 Å². The number of nitrogens with one attached hydrogen (secondary N) is 1. The number of halogens is 2. The molecular formula is C23H19Cl2NO5S. The number of aromatic hydroxyl groups is 1. The molecule has 0 fully saturated rings. The average Bonchev–Trinajstić information content (AvgIpc) is 2.76. The molecule has 1 amide bonds. The first-order valence-corrected chi connectivity index (χ1v) is 12.1. The lowest BCUT2D eigenvalue weighted by Gasteiger charge is -2.13. The van der Waals surface area contributed by atoms with Gasteiger partial charge in [-0.1, -0.05) is 59.6 Å². The highest BCUT2D eigenvalue weighted by Gasteiger charge is 2.14. The van der Waals surface area contributed by atoms with Gasteiger partial charge in [-0.3, -0.25) is 9.52 Å². The molecule has 9 heteroatoms. The lowest BCUT2D eigenvalue weighted by Crippen LogP contribution is -2.33. The molecule has 3 aromatic rings. The van der Waals surface area contributed by atoms with Crippen molar-refractivity contribution >= 4 is 44.0 Å². The van der Waals surface area contributed by atoms with Crippen molar-refractivity contribution in [2.45, 2.75) is 6.42 Å². The van der Waals surface area contributed by atoms with Crippen LogP contribution in [-0.4, -0.2) is 33.3 Å². The van der Waals surface area contributed by atoms with Gasteiger partial charge in [0.25, 0.3) is 5.91 Å². The summed E-state index contributed by atoms with van der Waals surface area (Å²) >= 11 is 12.8. The molecule has 32 heavy (non-hydrogen) atoms. The van der Waals surface area contributed by atoms with Crippen molar-refractivity contribution in [3.63, 3.8) is 0 Å². The lowest BCUT2D eigenvalue weighted by molar-refractivity contribution is -0.121. The molecule has 0 saturated heterocycles. The molecule has 0 bridgehead atoms. The summed E-state index contributed by atoms with van der Waals surface area (Å²) in [5.41, 5.74) is 3.12. The van der Waals surface area contributed by atoms with Crippen LogP contribution < -0.4 is 9.46 Å². The topological polar surface area (TPSA) is 92.7 Å². The summed E-state index contributed by atoms with van der Waals surface area (Å²) < 4.78 is 18.9. The number of amides is 1. The maximum Gasteiger partial charge on any atom is 0.269 e. The number of hydrogen-bond acceptors (Lipinski definition) is 5. The molecule has 0 aliphatic rings. The average molecular weight is 492 g/mol. The molecule has 0 heterocycles. The number of benzene rings is 3. The SMILES string of the molecule is CS(=O)(=C=O)NC(=O)COc1cc(Cl)c(Cc2ccc(O)c(-c3ccccc3)c2)c(Cl)c1. The molecule has 1 unspecified atom stereocenters. The number of hydrogen-bond donors (Lipinski definition) is 2. The highest BCUT2D eigenvalue weighted by atomic mass is 35.5. The van der Waals surface area contributed by atoms with Gasteiger partial charge in [0, 0.05) is 28.3 Å². The van der Waals surface area contributed by atoms with E-state index in [0.717, 1.165) is 17.4 Å². The number of rotatable bonds is 7. The molecule has 2 N–H and O–H groups in total. The first-order chi connectivity index (χ1) is 15.2. The number of ether oxygens (including phenoxy) is 1. The van der Waals surface area contributed by atoms with E-state index < -0.39 is 22.2 Å². The Hall–Kier alpha value is -2.96. The van der Waals surface area contributed by atoms with Crippen molar-refractivity contribution in [2.24, 2.45) is 0 Å². The van der Waals surface area contributed by atoms with Crippen LogP contribution in [0, 0.1) is 0 Å². The van der Waals surface area contributed by atoms with Crippen molar-refractivity contribution in [1.29, 1.82) is 0 Å². The predicted octanol–water partition coefficient (Wildman–Crippen LogP) is 4.35. The van der Waals surface area contributed by atoms with Crippen LogP contribution in [0.25, 0.3) is 11.1 Å². The summed E-state index contributed by atoms with van der Waals surface area (Å²) in [6.07, 6.45) is 1.47. The fourth-order valence-corrected chi connectivity index (χ4v) is 4.13. The standard InChI is InChI=1S/C23H19Cl2NO5S/c1-32(30,14-27)26-23(29)13-31-17-11-20(24)19(21(25)12-17)10-15-7-8-22(28)18(9-15)16-5-3-2-4-6-16/h2-9,11-12,28H,10,13H2,1H3,(H,26,29,30). The second-order valence-electron chi connectivity index (χ2n) is 7.00. The van der Waals surface area contributed by atoms with E-state index >= 15 is 0 Å². The van der Waals surface area contributed by atoms with E-state index in [9.17, 15) is 18.9 Å². The highest BCUT2D eigenvalue weighted by molar-refractivity contribution is 7.98. The zero-order chi connectivity index (χ0) is 23.3. The predicted molar refractivity (Wildman–Crippen MR) is 126 cm³/mol. The van der Waals surface area contributed by atoms with E-state index in [2.05, 4.69) is 0 Å². The Morgan fingerprint density at radius 2 is 1.75 bits per heavy atom. The summed E-state index contributed by atoms with van der Waals surface area (Å²) in [7, 11) is -3.21.